The van der Waals surface area contributed by atoms with E-state index in [0.717, 1.165) is 0 Å². The standard InChI is InChI=1S/C16H29NO4/c1-13(14-7-5-4-6-8-14)17(11-9-15(18)20-2)12-10-16(19)21-3/h13-14H,4-12H2,1-3H3. The number of nitrogens with zero attached hydrogens (tertiary/aromatic N) is 1. The van der Waals surface area contributed by atoms with Crippen LogP contribution in [-0.4, -0.2) is 50.2 Å². The highest BCUT2D eigenvalue weighted by Gasteiger charge is 2.26. The Morgan fingerprint density at radius 3 is 1.90 bits per heavy atom. The quantitative estimate of drug-likeness (QED) is 0.644. The summed E-state index contributed by atoms with van der Waals surface area (Å²) in [6.45, 7) is 3.49. The molecular formula is C16H29NO4. The molecule has 0 aromatic carbocycles. The van der Waals surface area contributed by atoms with Crippen LogP contribution in [-0.2, 0) is 19.1 Å². The highest BCUT2D eigenvalue weighted by atomic mass is 16.5. The van der Waals surface area contributed by atoms with Crippen molar-refractivity contribution in [2.24, 2.45) is 5.92 Å². The molecule has 1 fully saturated rings. The summed E-state index contributed by atoms with van der Waals surface area (Å²) < 4.78 is 9.43. The molecule has 21 heavy (non-hydrogen) atoms. The van der Waals surface area contributed by atoms with Crippen molar-refractivity contribution in [1.29, 1.82) is 0 Å². The fourth-order valence-corrected chi connectivity index (χ4v) is 3.11. The van der Waals surface area contributed by atoms with Crippen molar-refractivity contribution in [3.63, 3.8) is 0 Å². The van der Waals surface area contributed by atoms with Gasteiger partial charge in [-0.3, -0.25) is 14.5 Å². The Morgan fingerprint density at radius 2 is 1.48 bits per heavy atom. The zero-order valence-corrected chi connectivity index (χ0v) is 13.6. The second kappa shape index (κ2) is 9.77. The summed E-state index contributed by atoms with van der Waals surface area (Å²) in [7, 11) is 2.82. The van der Waals surface area contributed by atoms with Crippen molar-refractivity contribution >= 4 is 11.9 Å². The third-order valence-electron chi connectivity index (χ3n) is 4.57. The minimum atomic E-state index is -0.200. The second-order valence-corrected chi connectivity index (χ2v) is 5.83. The van der Waals surface area contributed by atoms with Gasteiger partial charge < -0.3 is 9.47 Å². The lowest BCUT2D eigenvalue weighted by Crippen LogP contribution is -2.41. The van der Waals surface area contributed by atoms with E-state index in [4.69, 9.17) is 9.47 Å². The van der Waals surface area contributed by atoms with Crippen molar-refractivity contribution in [1.82, 2.24) is 4.90 Å². The monoisotopic (exact) mass is 299 g/mol. The van der Waals surface area contributed by atoms with Gasteiger partial charge in [-0.2, -0.15) is 0 Å². The number of ether oxygens (including phenoxy) is 2. The highest BCUT2D eigenvalue weighted by molar-refractivity contribution is 5.70. The van der Waals surface area contributed by atoms with Crippen LogP contribution in [0.5, 0.6) is 0 Å². The fourth-order valence-electron chi connectivity index (χ4n) is 3.11. The molecule has 1 rings (SSSR count). The zero-order valence-electron chi connectivity index (χ0n) is 13.6. The summed E-state index contributed by atoms with van der Waals surface area (Å²) in [5.74, 6) is 0.261. The van der Waals surface area contributed by atoms with Crippen molar-refractivity contribution in [2.45, 2.75) is 57.9 Å². The number of hydrogen-bond acceptors (Lipinski definition) is 5. The summed E-state index contributed by atoms with van der Waals surface area (Å²) >= 11 is 0. The van der Waals surface area contributed by atoms with Crippen LogP contribution in [0.4, 0.5) is 0 Å². The van der Waals surface area contributed by atoms with Crippen molar-refractivity contribution < 1.29 is 19.1 Å². The van der Waals surface area contributed by atoms with Crippen LogP contribution in [0.2, 0.25) is 0 Å². The Morgan fingerprint density at radius 1 is 1.00 bits per heavy atom. The predicted molar refractivity (Wildman–Crippen MR) is 80.9 cm³/mol. The number of rotatable bonds is 8. The molecule has 0 spiro atoms. The van der Waals surface area contributed by atoms with Gasteiger partial charge in [-0.15, -0.1) is 0 Å². The molecule has 0 bridgehead atoms. The molecule has 0 N–H and O–H groups in total. The van der Waals surface area contributed by atoms with Gasteiger partial charge in [0.1, 0.15) is 0 Å². The molecule has 1 saturated carbocycles. The van der Waals surface area contributed by atoms with Gasteiger partial charge in [0, 0.05) is 19.1 Å². The molecule has 122 valence electrons. The van der Waals surface area contributed by atoms with Gasteiger partial charge in [0.25, 0.3) is 0 Å². The van der Waals surface area contributed by atoms with Gasteiger partial charge >= 0.3 is 11.9 Å². The van der Waals surface area contributed by atoms with Crippen LogP contribution >= 0.6 is 0 Å². The molecule has 0 saturated heterocycles. The van der Waals surface area contributed by atoms with E-state index in [1.807, 2.05) is 0 Å². The molecule has 1 aliphatic carbocycles. The fraction of sp³-hybridized carbons (Fsp3) is 0.875. The van der Waals surface area contributed by atoms with Crippen molar-refractivity contribution in [3.8, 4) is 0 Å². The largest absolute Gasteiger partial charge is 0.469 e. The van der Waals surface area contributed by atoms with Crippen molar-refractivity contribution in [3.05, 3.63) is 0 Å². The molecule has 0 aromatic rings. The van der Waals surface area contributed by atoms with E-state index < -0.39 is 0 Å². The second-order valence-electron chi connectivity index (χ2n) is 5.83. The van der Waals surface area contributed by atoms with E-state index >= 15 is 0 Å². The first-order valence-corrected chi connectivity index (χ1v) is 7.96. The summed E-state index contributed by atoms with van der Waals surface area (Å²) in [6.07, 6.45) is 7.13. The lowest BCUT2D eigenvalue weighted by atomic mass is 9.84. The van der Waals surface area contributed by atoms with E-state index in [2.05, 4.69) is 11.8 Å². The summed E-state index contributed by atoms with van der Waals surface area (Å²) in [4.78, 5) is 25.0. The average molecular weight is 299 g/mol. The number of hydrogen-bond donors (Lipinski definition) is 0. The number of methoxy groups -OCH3 is 2. The normalized spacial score (nSPS) is 17.5. The molecule has 1 aliphatic rings. The Hall–Kier alpha value is -1.10. The molecule has 5 nitrogen and oxygen atoms in total. The van der Waals surface area contributed by atoms with E-state index in [0.29, 0.717) is 37.9 Å². The van der Waals surface area contributed by atoms with E-state index in [-0.39, 0.29) is 11.9 Å². The van der Waals surface area contributed by atoms with E-state index in [1.54, 1.807) is 0 Å². The van der Waals surface area contributed by atoms with Crippen LogP contribution in [0.3, 0.4) is 0 Å². The molecule has 5 heteroatoms. The molecular weight excluding hydrogens is 270 g/mol. The highest BCUT2D eigenvalue weighted by Crippen LogP contribution is 2.29. The minimum Gasteiger partial charge on any atom is -0.469 e. The Labute approximate surface area is 128 Å². The summed E-state index contributed by atoms with van der Waals surface area (Å²) in [5, 5.41) is 0. The lowest BCUT2D eigenvalue weighted by Gasteiger charge is -2.36. The SMILES string of the molecule is COC(=O)CCN(CCC(=O)OC)C(C)C1CCCCC1. The first kappa shape index (κ1) is 18.0. The number of esters is 2. The predicted octanol–water partition coefficient (Wildman–Crippen LogP) is 2.38. The molecule has 0 aliphatic heterocycles. The maximum atomic E-state index is 11.4. The minimum absolute atomic E-state index is 0.200. The van der Waals surface area contributed by atoms with Crippen LogP contribution in [0.15, 0.2) is 0 Å². The maximum absolute atomic E-state index is 11.4. The topological polar surface area (TPSA) is 55.8 Å². The van der Waals surface area contributed by atoms with Gasteiger partial charge in [-0.25, -0.2) is 0 Å². The van der Waals surface area contributed by atoms with Crippen LogP contribution in [0, 0.1) is 5.92 Å². The molecule has 1 atom stereocenters. The van der Waals surface area contributed by atoms with Crippen molar-refractivity contribution in [2.75, 3.05) is 27.3 Å². The molecule has 0 radical (unpaired) electrons. The third-order valence-corrected chi connectivity index (χ3v) is 4.57. The Bertz CT molecular complexity index is 306. The molecule has 0 amide bonds. The zero-order chi connectivity index (χ0) is 15.7. The van der Waals surface area contributed by atoms with Gasteiger partial charge in [0.05, 0.1) is 27.1 Å². The van der Waals surface area contributed by atoms with Crippen LogP contribution in [0.1, 0.15) is 51.9 Å². The maximum Gasteiger partial charge on any atom is 0.306 e. The van der Waals surface area contributed by atoms with Crippen LogP contribution in [0.25, 0.3) is 0 Å². The molecule has 0 heterocycles. The van der Waals surface area contributed by atoms with Gasteiger partial charge in [0.15, 0.2) is 0 Å². The summed E-state index contributed by atoms with van der Waals surface area (Å²) in [6, 6.07) is 0.389. The number of carbonyl (C=O) groups is 2. The van der Waals surface area contributed by atoms with E-state index in [9.17, 15) is 9.59 Å². The van der Waals surface area contributed by atoms with Gasteiger partial charge in [-0.05, 0) is 25.7 Å². The average Bonchev–Trinajstić information content (AvgIpc) is 2.54. The van der Waals surface area contributed by atoms with Gasteiger partial charge in [-0.1, -0.05) is 19.3 Å². The Balaban J connectivity index is 2.55. The lowest BCUT2D eigenvalue weighted by molar-refractivity contribution is -0.141. The third kappa shape index (κ3) is 6.46. The Kier molecular flexibility index (Phi) is 8.35. The molecule has 0 aromatic heterocycles. The smallest absolute Gasteiger partial charge is 0.306 e. The van der Waals surface area contributed by atoms with Crippen LogP contribution < -0.4 is 0 Å². The summed E-state index contributed by atoms with van der Waals surface area (Å²) in [5.41, 5.74) is 0. The van der Waals surface area contributed by atoms with E-state index in [1.165, 1.54) is 46.3 Å². The first-order chi connectivity index (χ1) is 10.1. The number of carbonyl (C=O) groups excluding carboxylic acids is 2. The molecule has 1 unspecified atom stereocenters. The van der Waals surface area contributed by atoms with Gasteiger partial charge in [0.2, 0.25) is 0 Å². The first-order valence-electron chi connectivity index (χ1n) is 7.96.